The molecule has 0 saturated heterocycles. The zero-order valence-corrected chi connectivity index (χ0v) is 12.2. The molecule has 0 bridgehead atoms. The molecule has 3 aromatic rings. The van der Waals surface area contributed by atoms with Crippen molar-refractivity contribution in [1.29, 1.82) is 0 Å². The molecule has 4 rings (SSSR count). The van der Waals surface area contributed by atoms with Gasteiger partial charge in [-0.25, -0.2) is 0 Å². The third kappa shape index (κ3) is 2.10. The van der Waals surface area contributed by atoms with E-state index in [9.17, 15) is 4.79 Å². The quantitative estimate of drug-likeness (QED) is 0.701. The number of benzene rings is 1. The number of hydrogen-bond acceptors (Lipinski definition) is 4. The van der Waals surface area contributed by atoms with Gasteiger partial charge in [-0.1, -0.05) is 0 Å². The standard InChI is InChI=1S/C16H14N2O2S/c17-12-1-2-13-11(7-12)8-14(20-13)16(19)18-5-3-15-10(9-18)4-6-21-15/h1-2,4,6-8H,3,5,9,17H2. The minimum Gasteiger partial charge on any atom is -0.451 e. The average Bonchev–Trinajstić information content (AvgIpc) is 3.11. The molecule has 1 aliphatic heterocycles. The topological polar surface area (TPSA) is 59.5 Å². The Hall–Kier alpha value is -2.27. The van der Waals surface area contributed by atoms with E-state index in [-0.39, 0.29) is 5.91 Å². The van der Waals surface area contributed by atoms with Crippen LogP contribution in [-0.4, -0.2) is 17.4 Å². The van der Waals surface area contributed by atoms with Crippen LogP contribution < -0.4 is 5.73 Å². The molecule has 0 atom stereocenters. The zero-order chi connectivity index (χ0) is 14.4. The first-order valence-corrected chi connectivity index (χ1v) is 7.72. The summed E-state index contributed by atoms with van der Waals surface area (Å²) < 4.78 is 5.66. The summed E-state index contributed by atoms with van der Waals surface area (Å²) in [6.07, 6.45) is 0.923. The van der Waals surface area contributed by atoms with Crippen LogP contribution in [0.4, 0.5) is 5.69 Å². The molecule has 1 aliphatic rings. The highest BCUT2D eigenvalue weighted by Crippen LogP contribution is 2.27. The number of hydrogen-bond donors (Lipinski definition) is 1. The first kappa shape index (κ1) is 12.5. The normalized spacial score (nSPS) is 14.4. The second kappa shape index (κ2) is 4.63. The lowest BCUT2D eigenvalue weighted by atomic mass is 10.1. The van der Waals surface area contributed by atoms with Crippen LogP contribution in [0.15, 0.2) is 40.1 Å². The lowest BCUT2D eigenvalue weighted by molar-refractivity contribution is 0.0706. The molecular formula is C16H14N2O2S. The molecule has 0 fully saturated rings. The predicted octanol–water partition coefficient (Wildman–Crippen LogP) is 3.28. The second-order valence-corrected chi connectivity index (χ2v) is 6.25. The first-order valence-electron chi connectivity index (χ1n) is 6.84. The summed E-state index contributed by atoms with van der Waals surface area (Å²) in [7, 11) is 0. The van der Waals surface area contributed by atoms with Gasteiger partial charge in [-0.15, -0.1) is 11.3 Å². The maximum Gasteiger partial charge on any atom is 0.289 e. The Morgan fingerprint density at radius 1 is 1.29 bits per heavy atom. The van der Waals surface area contributed by atoms with E-state index in [0.29, 0.717) is 23.6 Å². The van der Waals surface area contributed by atoms with Crippen molar-refractivity contribution in [3.05, 3.63) is 51.9 Å². The van der Waals surface area contributed by atoms with Gasteiger partial charge in [0.1, 0.15) is 5.58 Å². The maximum absolute atomic E-state index is 12.6. The van der Waals surface area contributed by atoms with Gasteiger partial charge >= 0.3 is 0 Å². The fraction of sp³-hybridized carbons (Fsp3) is 0.188. The third-order valence-electron chi connectivity index (χ3n) is 3.85. The average molecular weight is 298 g/mol. The Morgan fingerprint density at radius 2 is 2.19 bits per heavy atom. The van der Waals surface area contributed by atoms with Crippen molar-refractivity contribution in [2.75, 3.05) is 12.3 Å². The number of fused-ring (bicyclic) bond motifs is 2. The highest BCUT2D eigenvalue weighted by Gasteiger charge is 2.24. The zero-order valence-electron chi connectivity index (χ0n) is 11.3. The van der Waals surface area contributed by atoms with Crippen LogP contribution in [0.2, 0.25) is 0 Å². The summed E-state index contributed by atoms with van der Waals surface area (Å²) in [5.74, 6) is 0.330. The van der Waals surface area contributed by atoms with Crippen LogP contribution in [0.5, 0.6) is 0 Å². The monoisotopic (exact) mass is 298 g/mol. The highest BCUT2D eigenvalue weighted by atomic mass is 32.1. The fourth-order valence-corrected chi connectivity index (χ4v) is 3.63. The van der Waals surface area contributed by atoms with Crippen LogP contribution in [0, 0.1) is 0 Å². The number of nitrogen functional groups attached to an aromatic ring is 1. The Labute approximate surface area is 125 Å². The molecule has 2 N–H and O–H groups in total. The van der Waals surface area contributed by atoms with Crippen molar-refractivity contribution in [3.8, 4) is 0 Å². The number of carbonyl (C=O) groups excluding carboxylic acids is 1. The summed E-state index contributed by atoms with van der Waals surface area (Å²) in [4.78, 5) is 15.8. The molecule has 1 amide bonds. The largest absolute Gasteiger partial charge is 0.451 e. The molecule has 1 aromatic carbocycles. The molecule has 3 heterocycles. The van der Waals surface area contributed by atoms with E-state index < -0.39 is 0 Å². The van der Waals surface area contributed by atoms with E-state index in [4.69, 9.17) is 10.2 Å². The van der Waals surface area contributed by atoms with Crippen LogP contribution in [0.25, 0.3) is 11.0 Å². The summed E-state index contributed by atoms with van der Waals surface area (Å²) >= 11 is 1.77. The summed E-state index contributed by atoms with van der Waals surface area (Å²) in [5, 5.41) is 2.95. The van der Waals surface area contributed by atoms with Gasteiger partial charge in [0.25, 0.3) is 5.91 Å². The van der Waals surface area contributed by atoms with Crippen LogP contribution in [0.1, 0.15) is 21.0 Å². The third-order valence-corrected chi connectivity index (χ3v) is 4.87. The van der Waals surface area contributed by atoms with Crippen molar-refractivity contribution < 1.29 is 9.21 Å². The number of nitrogens with two attached hydrogens (primary N) is 1. The van der Waals surface area contributed by atoms with E-state index in [1.54, 1.807) is 29.5 Å². The van der Waals surface area contributed by atoms with E-state index in [1.807, 2.05) is 11.0 Å². The van der Waals surface area contributed by atoms with Crippen molar-refractivity contribution in [2.45, 2.75) is 13.0 Å². The Bertz CT molecular complexity index is 834. The molecule has 2 aromatic heterocycles. The highest BCUT2D eigenvalue weighted by molar-refractivity contribution is 7.10. The fourth-order valence-electron chi connectivity index (χ4n) is 2.74. The van der Waals surface area contributed by atoms with Crippen molar-refractivity contribution in [2.24, 2.45) is 0 Å². The van der Waals surface area contributed by atoms with E-state index >= 15 is 0 Å². The van der Waals surface area contributed by atoms with Crippen LogP contribution >= 0.6 is 11.3 Å². The number of amides is 1. The van der Waals surface area contributed by atoms with Gasteiger partial charge in [0, 0.05) is 29.0 Å². The molecule has 0 aliphatic carbocycles. The van der Waals surface area contributed by atoms with Crippen LogP contribution in [0.3, 0.4) is 0 Å². The number of anilines is 1. The number of rotatable bonds is 1. The van der Waals surface area contributed by atoms with E-state index in [0.717, 1.165) is 18.4 Å². The van der Waals surface area contributed by atoms with Gasteiger partial charge in [0.05, 0.1) is 0 Å². The van der Waals surface area contributed by atoms with Gasteiger partial charge in [-0.05, 0) is 47.7 Å². The van der Waals surface area contributed by atoms with Crippen molar-refractivity contribution in [1.82, 2.24) is 4.90 Å². The summed E-state index contributed by atoms with van der Waals surface area (Å²) in [6.45, 7) is 1.41. The maximum atomic E-state index is 12.6. The van der Waals surface area contributed by atoms with E-state index in [2.05, 4.69) is 11.4 Å². The molecule has 5 heteroatoms. The number of nitrogens with zero attached hydrogens (tertiary/aromatic N) is 1. The Kier molecular flexibility index (Phi) is 2.75. The van der Waals surface area contributed by atoms with E-state index in [1.165, 1.54) is 10.4 Å². The first-order chi connectivity index (χ1) is 10.2. The van der Waals surface area contributed by atoms with Crippen molar-refractivity contribution in [3.63, 3.8) is 0 Å². The molecule has 21 heavy (non-hydrogen) atoms. The molecule has 0 unspecified atom stereocenters. The molecule has 4 nitrogen and oxygen atoms in total. The molecule has 0 saturated carbocycles. The Balaban J connectivity index is 1.64. The van der Waals surface area contributed by atoms with Crippen LogP contribution in [-0.2, 0) is 13.0 Å². The SMILES string of the molecule is Nc1ccc2oc(C(=O)N3CCc4sccc4C3)cc2c1. The smallest absolute Gasteiger partial charge is 0.289 e. The minimum absolute atomic E-state index is 0.0541. The second-order valence-electron chi connectivity index (χ2n) is 5.25. The Morgan fingerprint density at radius 3 is 3.10 bits per heavy atom. The molecule has 106 valence electrons. The van der Waals surface area contributed by atoms with Gasteiger partial charge in [0.15, 0.2) is 5.76 Å². The van der Waals surface area contributed by atoms with Gasteiger partial charge in [0.2, 0.25) is 0 Å². The number of furan rings is 1. The lowest BCUT2D eigenvalue weighted by Crippen LogP contribution is -2.35. The predicted molar refractivity (Wildman–Crippen MR) is 83.4 cm³/mol. The molecule has 0 spiro atoms. The summed E-state index contributed by atoms with van der Waals surface area (Å²) in [6, 6.07) is 9.27. The van der Waals surface area contributed by atoms with Gasteiger partial charge in [-0.3, -0.25) is 4.79 Å². The number of carbonyl (C=O) groups is 1. The van der Waals surface area contributed by atoms with Gasteiger partial charge < -0.3 is 15.1 Å². The minimum atomic E-state index is -0.0541. The lowest BCUT2D eigenvalue weighted by Gasteiger charge is -2.26. The van der Waals surface area contributed by atoms with Crippen molar-refractivity contribution >= 4 is 33.9 Å². The molecular weight excluding hydrogens is 284 g/mol. The summed E-state index contributed by atoms with van der Waals surface area (Å²) in [5.41, 5.74) is 8.37. The van der Waals surface area contributed by atoms with Gasteiger partial charge in [-0.2, -0.15) is 0 Å². The molecule has 0 radical (unpaired) electrons. The number of thiophene rings is 1.